The van der Waals surface area contributed by atoms with Gasteiger partial charge in [0, 0.05) is 12.0 Å². The van der Waals surface area contributed by atoms with E-state index in [2.05, 4.69) is 13.8 Å². The lowest BCUT2D eigenvalue weighted by Crippen LogP contribution is -2.23. The Kier molecular flexibility index (Phi) is 11.3. The first-order valence-electron chi connectivity index (χ1n) is 12.7. The molecular weight excluding hydrogens is 456 g/mol. The molecule has 0 amide bonds. The van der Waals surface area contributed by atoms with Crippen molar-refractivity contribution in [1.29, 1.82) is 0 Å². The molecule has 0 fully saturated rings. The standard InChI is InChI=1S/C18H28O3S.C12H10O/c1-3-4-5-6-7-8-11-22(19)15(2)12-16-9-10-17-18(13-16)21-14-20-17;13-12-9-5-4-8-11(12)10-6-2-1-3-7-10/h9-10,13,15H,3-8,11-12,14H2,1-2H3;1-9,13H. The van der Waals surface area contributed by atoms with Crippen molar-refractivity contribution in [2.75, 3.05) is 12.5 Å². The summed E-state index contributed by atoms with van der Waals surface area (Å²) in [5, 5.41) is 9.75. The largest absolute Gasteiger partial charge is 0.616 e. The maximum absolute atomic E-state index is 12.3. The average molecular weight is 495 g/mol. The van der Waals surface area contributed by atoms with Gasteiger partial charge in [-0.25, -0.2) is 0 Å². The number of rotatable bonds is 11. The van der Waals surface area contributed by atoms with Crippen LogP contribution in [0.5, 0.6) is 17.2 Å². The van der Waals surface area contributed by atoms with E-state index in [4.69, 9.17) is 9.47 Å². The van der Waals surface area contributed by atoms with E-state index in [0.717, 1.165) is 41.2 Å². The maximum Gasteiger partial charge on any atom is 0.231 e. The second-order valence-electron chi connectivity index (χ2n) is 8.94. The Balaban J connectivity index is 0.000000223. The number of phenolic OH excluding ortho intramolecular Hbond substituents is 1. The van der Waals surface area contributed by atoms with Crippen LogP contribution in [-0.4, -0.2) is 27.5 Å². The number of ether oxygens (including phenoxy) is 2. The number of fused-ring (bicyclic) bond motifs is 1. The molecule has 1 aliphatic heterocycles. The van der Waals surface area contributed by atoms with E-state index < -0.39 is 11.2 Å². The fourth-order valence-corrected chi connectivity index (χ4v) is 5.32. The molecule has 2 atom stereocenters. The molecule has 0 bridgehead atoms. The quantitative estimate of drug-likeness (QED) is 0.221. The van der Waals surface area contributed by atoms with E-state index in [0.29, 0.717) is 12.5 Å². The predicted octanol–water partition coefficient (Wildman–Crippen LogP) is 7.51. The number of benzene rings is 3. The van der Waals surface area contributed by atoms with Crippen LogP contribution in [0.3, 0.4) is 0 Å². The zero-order valence-corrected chi connectivity index (χ0v) is 21.8. The fourth-order valence-electron chi connectivity index (χ4n) is 4.05. The smallest absolute Gasteiger partial charge is 0.231 e. The maximum atomic E-state index is 12.3. The second kappa shape index (κ2) is 14.7. The Morgan fingerprint density at radius 1 is 0.857 bits per heavy atom. The summed E-state index contributed by atoms with van der Waals surface area (Å²) in [6.45, 7) is 4.61. The number of hydrogen-bond donors (Lipinski definition) is 1. The third kappa shape index (κ3) is 8.83. The Labute approximate surface area is 213 Å². The van der Waals surface area contributed by atoms with Gasteiger partial charge in [0.05, 0.1) is 0 Å². The third-order valence-corrected chi connectivity index (χ3v) is 7.85. The normalized spacial score (nSPS) is 13.6. The molecule has 0 saturated heterocycles. The van der Waals surface area contributed by atoms with Crippen LogP contribution < -0.4 is 9.47 Å². The molecular formula is C30H38O4S. The van der Waals surface area contributed by atoms with Crippen molar-refractivity contribution < 1.29 is 19.1 Å². The molecule has 2 unspecified atom stereocenters. The zero-order chi connectivity index (χ0) is 24.9. The van der Waals surface area contributed by atoms with Gasteiger partial charge in [-0.2, -0.15) is 0 Å². The number of phenols is 1. The van der Waals surface area contributed by atoms with E-state index in [1.807, 2.05) is 66.7 Å². The SMILES string of the molecule is CCCCCCCC[S+]([O-])C(C)Cc1ccc2c(c1)OCO2.Oc1ccccc1-c1ccccc1. The minimum atomic E-state index is -0.743. The minimum Gasteiger partial charge on any atom is -0.616 e. The molecule has 1 N–H and O–H groups in total. The Morgan fingerprint density at radius 3 is 2.31 bits per heavy atom. The van der Waals surface area contributed by atoms with Crippen molar-refractivity contribution in [2.45, 2.75) is 64.0 Å². The van der Waals surface area contributed by atoms with Crippen molar-refractivity contribution in [3.63, 3.8) is 0 Å². The van der Waals surface area contributed by atoms with Crippen LogP contribution in [0.4, 0.5) is 0 Å². The third-order valence-electron chi connectivity index (χ3n) is 6.10. The molecule has 188 valence electrons. The highest BCUT2D eigenvalue weighted by Gasteiger charge is 2.19. The summed E-state index contributed by atoms with van der Waals surface area (Å²) in [6, 6.07) is 23.2. The van der Waals surface area contributed by atoms with Crippen LogP contribution in [0.15, 0.2) is 72.8 Å². The van der Waals surface area contributed by atoms with Crippen LogP contribution >= 0.6 is 0 Å². The molecule has 4 rings (SSSR count). The van der Waals surface area contributed by atoms with E-state index in [-0.39, 0.29) is 5.25 Å². The molecule has 3 aromatic rings. The van der Waals surface area contributed by atoms with Crippen LogP contribution in [0.25, 0.3) is 11.1 Å². The molecule has 0 saturated carbocycles. The summed E-state index contributed by atoms with van der Waals surface area (Å²) in [5.41, 5.74) is 3.09. The van der Waals surface area contributed by atoms with Gasteiger partial charge in [-0.05, 0) is 49.1 Å². The van der Waals surface area contributed by atoms with Gasteiger partial charge in [-0.1, -0.05) is 98.4 Å². The highest BCUT2D eigenvalue weighted by molar-refractivity contribution is 7.91. The van der Waals surface area contributed by atoms with Crippen LogP contribution in [0.1, 0.15) is 57.9 Å². The van der Waals surface area contributed by atoms with Gasteiger partial charge in [0.15, 0.2) is 11.5 Å². The van der Waals surface area contributed by atoms with E-state index in [1.54, 1.807) is 6.07 Å². The lowest BCUT2D eigenvalue weighted by atomic mass is 10.1. The van der Waals surface area contributed by atoms with Gasteiger partial charge in [-0.3, -0.25) is 0 Å². The predicted molar refractivity (Wildman–Crippen MR) is 146 cm³/mol. The van der Waals surface area contributed by atoms with Crippen molar-refractivity contribution >= 4 is 11.2 Å². The highest BCUT2D eigenvalue weighted by Crippen LogP contribution is 2.33. The first-order valence-corrected chi connectivity index (χ1v) is 14.1. The topological polar surface area (TPSA) is 61.8 Å². The number of para-hydroxylation sites is 1. The van der Waals surface area contributed by atoms with Crippen molar-refractivity contribution in [2.24, 2.45) is 0 Å². The summed E-state index contributed by atoms with van der Waals surface area (Å²) in [6.07, 6.45) is 8.32. The first-order chi connectivity index (χ1) is 17.1. The lowest BCUT2D eigenvalue weighted by molar-refractivity contribution is 0.174. The first kappa shape index (κ1) is 27.0. The number of aromatic hydroxyl groups is 1. The summed E-state index contributed by atoms with van der Waals surface area (Å²) < 4.78 is 23.0. The molecule has 0 aromatic heterocycles. The van der Waals surface area contributed by atoms with Gasteiger partial charge in [0.1, 0.15) is 16.8 Å². The van der Waals surface area contributed by atoms with E-state index >= 15 is 0 Å². The molecule has 4 nitrogen and oxygen atoms in total. The van der Waals surface area contributed by atoms with Gasteiger partial charge < -0.3 is 19.1 Å². The summed E-state index contributed by atoms with van der Waals surface area (Å²) in [5.74, 6) is 2.78. The van der Waals surface area contributed by atoms with Crippen LogP contribution in [0, 0.1) is 0 Å². The minimum absolute atomic E-state index is 0.191. The summed E-state index contributed by atoms with van der Waals surface area (Å²) >= 11 is -0.743. The second-order valence-corrected chi connectivity index (χ2v) is 10.9. The molecule has 1 heterocycles. The van der Waals surface area contributed by atoms with Crippen molar-refractivity contribution in [3.05, 3.63) is 78.4 Å². The average Bonchev–Trinajstić information content (AvgIpc) is 3.35. The number of hydrogen-bond acceptors (Lipinski definition) is 4. The van der Waals surface area contributed by atoms with Crippen molar-refractivity contribution in [3.8, 4) is 28.4 Å². The Morgan fingerprint density at radius 2 is 1.54 bits per heavy atom. The summed E-state index contributed by atoms with van der Waals surface area (Å²) in [4.78, 5) is 0. The monoisotopic (exact) mass is 494 g/mol. The van der Waals surface area contributed by atoms with Gasteiger partial charge in [0.25, 0.3) is 0 Å². The molecule has 1 aliphatic rings. The van der Waals surface area contributed by atoms with E-state index in [1.165, 1.54) is 37.7 Å². The van der Waals surface area contributed by atoms with Crippen LogP contribution in [-0.2, 0) is 17.6 Å². The Bertz CT molecular complexity index is 1010. The zero-order valence-electron chi connectivity index (χ0n) is 20.9. The van der Waals surface area contributed by atoms with Gasteiger partial charge in [-0.15, -0.1) is 0 Å². The molecule has 3 aromatic carbocycles. The highest BCUT2D eigenvalue weighted by atomic mass is 32.2. The lowest BCUT2D eigenvalue weighted by Gasteiger charge is -2.18. The van der Waals surface area contributed by atoms with Gasteiger partial charge in [0.2, 0.25) is 6.79 Å². The van der Waals surface area contributed by atoms with Crippen LogP contribution in [0.2, 0.25) is 0 Å². The van der Waals surface area contributed by atoms with Gasteiger partial charge >= 0.3 is 0 Å². The Hall–Kier alpha value is -2.63. The molecule has 0 radical (unpaired) electrons. The van der Waals surface area contributed by atoms with E-state index in [9.17, 15) is 9.66 Å². The molecule has 0 aliphatic carbocycles. The molecule has 5 heteroatoms. The van der Waals surface area contributed by atoms with Crippen molar-refractivity contribution in [1.82, 2.24) is 0 Å². The molecule has 0 spiro atoms. The fraction of sp³-hybridized carbons (Fsp3) is 0.400. The molecule has 35 heavy (non-hydrogen) atoms. The summed E-state index contributed by atoms with van der Waals surface area (Å²) in [7, 11) is 0. The number of unbranched alkanes of at least 4 members (excludes halogenated alkanes) is 5.